The first-order valence-electron chi connectivity index (χ1n) is 11.9. The predicted octanol–water partition coefficient (Wildman–Crippen LogP) is 5.00. The van der Waals surface area contributed by atoms with Crippen LogP contribution in [0.5, 0.6) is 17.2 Å². The first kappa shape index (κ1) is 26.0. The van der Waals surface area contributed by atoms with Crippen molar-refractivity contribution in [2.45, 2.75) is 24.6 Å². The first-order valence-corrected chi connectivity index (χ1v) is 11.9. The van der Waals surface area contributed by atoms with E-state index in [1.165, 1.54) is 25.3 Å². The predicted molar refractivity (Wildman–Crippen MR) is 136 cm³/mol. The molecule has 0 aliphatic carbocycles. The van der Waals surface area contributed by atoms with Gasteiger partial charge in [-0.1, -0.05) is 18.2 Å². The molecule has 9 nitrogen and oxygen atoms in total. The fourth-order valence-electron chi connectivity index (χ4n) is 4.83. The maximum Gasteiger partial charge on any atom is 0.471 e. The molecule has 2 aliphatic rings. The van der Waals surface area contributed by atoms with Crippen LogP contribution >= 0.6 is 0 Å². The lowest BCUT2D eigenvalue weighted by Crippen LogP contribution is -2.44. The highest BCUT2D eigenvalue weighted by Gasteiger charge is 2.48. The van der Waals surface area contributed by atoms with E-state index in [1.54, 1.807) is 36.4 Å². The number of methoxy groups -OCH3 is 1. The van der Waals surface area contributed by atoms with Crippen LogP contribution in [0.25, 0.3) is 0 Å². The largest absolute Gasteiger partial charge is 0.497 e. The number of nitrogens with one attached hydrogen (secondary N) is 1. The third-order valence-corrected chi connectivity index (χ3v) is 6.67. The molecule has 1 amide bonds. The van der Waals surface area contributed by atoms with E-state index in [1.807, 2.05) is 0 Å². The van der Waals surface area contributed by atoms with Gasteiger partial charge in [0.1, 0.15) is 23.9 Å². The van der Waals surface area contributed by atoms with Crippen molar-refractivity contribution >= 4 is 34.6 Å². The molecule has 0 fully saturated rings. The third-order valence-electron chi connectivity index (χ3n) is 6.67. The van der Waals surface area contributed by atoms with Gasteiger partial charge in [-0.25, -0.2) is 0 Å². The number of nitrogens with two attached hydrogens (primary N) is 1. The van der Waals surface area contributed by atoms with Gasteiger partial charge in [-0.3, -0.25) is 14.5 Å². The molecule has 0 saturated carbocycles. The number of aliphatic carboxylic acids is 1. The quantitative estimate of drug-likeness (QED) is 0.356. The highest BCUT2D eigenvalue weighted by Crippen LogP contribution is 2.47. The van der Waals surface area contributed by atoms with Gasteiger partial charge in [-0.05, 0) is 24.3 Å². The van der Waals surface area contributed by atoms with Gasteiger partial charge in [0.05, 0.1) is 43.2 Å². The number of nitrogens with zero attached hydrogens (tertiary/aromatic N) is 1. The number of fused-ring (bicyclic) bond motifs is 2. The van der Waals surface area contributed by atoms with Gasteiger partial charge in [0.2, 0.25) is 0 Å². The zero-order valence-corrected chi connectivity index (χ0v) is 20.6. The van der Waals surface area contributed by atoms with Gasteiger partial charge in [0, 0.05) is 34.9 Å². The number of carbonyl (C=O) groups is 2. The van der Waals surface area contributed by atoms with Gasteiger partial charge in [-0.2, -0.15) is 13.2 Å². The second kappa shape index (κ2) is 9.93. The lowest BCUT2D eigenvalue weighted by molar-refractivity contribution is -0.171. The Bertz CT molecular complexity index is 1440. The van der Waals surface area contributed by atoms with Gasteiger partial charge in [0.25, 0.3) is 0 Å². The summed E-state index contributed by atoms with van der Waals surface area (Å²) in [5.74, 6) is -2.46. The molecule has 3 aromatic carbocycles. The number of amides is 1. The lowest BCUT2D eigenvalue weighted by Gasteiger charge is -2.29. The van der Waals surface area contributed by atoms with E-state index in [0.29, 0.717) is 38.8 Å². The Balaban J connectivity index is 1.52. The van der Waals surface area contributed by atoms with Crippen molar-refractivity contribution in [3.05, 3.63) is 65.7 Å². The summed E-state index contributed by atoms with van der Waals surface area (Å²) in [6, 6.07) is 13.0. The standard InChI is InChI=1S/C27H24F3N3O6/c1-37-16-6-8-19(31)21(11-16)32-20-4-2-3-18-22(13-39-25(18)20)33(26(36)27(28,29)30)15-5-7-17-14(9-24(34)35)12-38-23(17)10-15/h2-8,10-11,14,22,32H,9,12-13,31H2,1H3,(H,34,35)/t14-,22-/m1/s1. The molecule has 0 bridgehead atoms. The van der Waals surface area contributed by atoms with Gasteiger partial charge in [0.15, 0.2) is 0 Å². The van der Waals surface area contributed by atoms with Crippen LogP contribution in [0.2, 0.25) is 0 Å². The average Bonchev–Trinajstić information content (AvgIpc) is 3.49. The summed E-state index contributed by atoms with van der Waals surface area (Å²) in [5.41, 5.74) is 8.32. The zero-order valence-electron chi connectivity index (χ0n) is 20.6. The van der Waals surface area contributed by atoms with Crippen LogP contribution in [0, 0.1) is 0 Å². The topological polar surface area (TPSA) is 123 Å². The number of carboxylic acids is 1. The van der Waals surface area contributed by atoms with Crippen molar-refractivity contribution in [2.75, 3.05) is 36.3 Å². The lowest BCUT2D eigenvalue weighted by atomic mass is 9.97. The Morgan fingerprint density at radius 1 is 1.08 bits per heavy atom. The summed E-state index contributed by atoms with van der Waals surface area (Å²) in [4.78, 5) is 24.5. The molecule has 0 unspecified atom stereocenters. The summed E-state index contributed by atoms with van der Waals surface area (Å²) < 4.78 is 58.1. The molecule has 2 aliphatic heterocycles. The van der Waals surface area contributed by atoms with E-state index < -0.39 is 30.0 Å². The third kappa shape index (κ3) is 4.97. The molecule has 0 radical (unpaired) electrons. The number of carbonyl (C=O) groups excluding carboxylic acids is 1. The van der Waals surface area contributed by atoms with Crippen LogP contribution in [-0.4, -0.2) is 43.5 Å². The average molecular weight is 543 g/mol. The number of para-hydroxylation sites is 1. The number of nitrogen functional groups attached to an aromatic ring is 1. The van der Waals surface area contributed by atoms with Crippen molar-refractivity contribution in [3.8, 4) is 17.2 Å². The van der Waals surface area contributed by atoms with E-state index >= 15 is 0 Å². The first-order chi connectivity index (χ1) is 18.6. The number of alkyl halides is 3. The molecule has 0 saturated heterocycles. The Morgan fingerprint density at radius 3 is 2.59 bits per heavy atom. The van der Waals surface area contributed by atoms with Crippen LogP contribution in [0.3, 0.4) is 0 Å². The number of hydrogen-bond donors (Lipinski definition) is 3. The summed E-state index contributed by atoms with van der Waals surface area (Å²) >= 11 is 0. The molecular formula is C27H24F3N3O6. The maximum atomic E-state index is 13.8. The van der Waals surface area contributed by atoms with Crippen LogP contribution in [0.15, 0.2) is 54.6 Å². The van der Waals surface area contributed by atoms with Crippen molar-refractivity contribution in [3.63, 3.8) is 0 Å². The molecule has 2 atom stereocenters. The van der Waals surface area contributed by atoms with Crippen LogP contribution < -0.4 is 30.2 Å². The van der Waals surface area contributed by atoms with Crippen LogP contribution in [0.4, 0.5) is 35.9 Å². The van der Waals surface area contributed by atoms with E-state index in [9.17, 15) is 22.8 Å². The van der Waals surface area contributed by atoms with E-state index in [-0.39, 0.29) is 36.8 Å². The molecule has 39 heavy (non-hydrogen) atoms. The smallest absolute Gasteiger partial charge is 0.471 e. The fraction of sp³-hybridized carbons (Fsp3) is 0.259. The molecule has 3 aromatic rings. The molecule has 2 heterocycles. The van der Waals surface area contributed by atoms with Crippen LogP contribution in [0.1, 0.15) is 29.5 Å². The fourth-order valence-corrected chi connectivity index (χ4v) is 4.83. The summed E-state index contributed by atoms with van der Waals surface area (Å²) in [6.07, 6.45) is -5.35. The van der Waals surface area contributed by atoms with E-state index in [4.69, 9.17) is 25.1 Å². The minimum absolute atomic E-state index is 0.0519. The van der Waals surface area contributed by atoms with Crippen molar-refractivity contribution < 1.29 is 42.1 Å². The number of carboxylic acid groups (broad SMARTS) is 1. The molecule has 12 heteroatoms. The highest BCUT2D eigenvalue weighted by molar-refractivity contribution is 5.98. The van der Waals surface area contributed by atoms with Crippen LogP contribution in [-0.2, 0) is 9.59 Å². The minimum Gasteiger partial charge on any atom is -0.497 e. The van der Waals surface area contributed by atoms with Crippen molar-refractivity contribution in [2.24, 2.45) is 0 Å². The Kier molecular flexibility index (Phi) is 6.62. The van der Waals surface area contributed by atoms with E-state index in [2.05, 4.69) is 5.32 Å². The molecule has 4 N–H and O–H groups in total. The van der Waals surface area contributed by atoms with Crippen molar-refractivity contribution in [1.29, 1.82) is 0 Å². The monoisotopic (exact) mass is 543 g/mol. The van der Waals surface area contributed by atoms with Gasteiger partial charge in [-0.15, -0.1) is 0 Å². The second-order valence-electron chi connectivity index (χ2n) is 9.13. The summed E-state index contributed by atoms with van der Waals surface area (Å²) in [5, 5.41) is 12.3. The van der Waals surface area contributed by atoms with Crippen molar-refractivity contribution in [1.82, 2.24) is 0 Å². The zero-order chi connectivity index (χ0) is 27.9. The summed E-state index contributed by atoms with van der Waals surface area (Å²) in [6.45, 7) is -0.154. The van der Waals surface area contributed by atoms with Gasteiger partial charge >= 0.3 is 18.1 Å². The number of rotatable bonds is 7. The van der Waals surface area contributed by atoms with Gasteiger partial charge < -0.3 is 30.4 Å². The highest BCUT2D eigenvalue weighted by atomic mass is 19.4. The van der Waals surface area contributed by atoms with E-state index in [0.717, 1.165) is 0 Å². The normalized spacial score (nSPS) is 17.4. The number of hydrogen-bond acceptors (Lipinski definition) is 7. The SMILES string of the molecule is COc1ccc(N)c(Nc2cccc3c2OC[C@H]3N(C(=O)C(F)(F)F)c2ccc3c(c2)OC[C@H]3CC(=O)O)c1. The molecule has 5 rings (SSSR count). The number of ether oxygens (including phenoxy) is 3. The molecule has 204 valence electrons. The number of benzene rings is 3. The Labute approximate surface area is 220 Å². The minimum atomic E-state index is -5.17. The summed E-state index contributed by atoms with van der Waals surface area (Å²) in [7, 11) is 1.51. The molecule has 0 spiro atoms. The molecular weight excluding hydrogens is 519 g/mol. The Hall–Kier alpha value is -4.61. The maximum absolute atomic E-state index is 13.8. The second-order valence-corrected chi connectivity index (χ2v) is 9.13. The molecule has 0 aromatic heterocycles. The number of anilines is 4. The Morgan fingerprint density at radius 2 is 1.87 bits per heavy atom. The number of halogens is 3.